The van der Waals surface area contributed by atoms with Gasteiger partial charge in [-0.3, -0.25) is 9.59 Å². The second kappa shape index (κ2) is 19.9. The third-order valence-corrected chi connectivity index (χ3v) is 4.80. The SMILES string of the molecule is CCCCCC(Br)C(=O)OC(=O)C(I)CCCCC.[KH].[KH]. The number of ether oxygens (including phenoxy) is 1. The number of carbonyl (C=O) groups is 2. The maximum absolute atomic E-state index is 11.7. The van der Waals surface area contributed by atoms with Crippen molar-refractivity contribution in [3.63, 3.8) is 0 Å². The van der Waals surface area contributed by atoms with Crippen LogP contribution in [0, 0.1) is 0 Å². The Morgan fingerprint density at radius 1 is 0.952 bits per heavy atom. The molecule has 0 radical (unpaired) electrons. The van der Waals surface area contributed by atoms with Gasteiger partial charge in [0.1, 0.15) is 8.75 Å². The fourth-order valence-corrected chi connectivity index (χ4v) is 2.59. The normalized spacial score (nSPS) is 12.6. The van der Waals surface area contributed by atoms with Crippen LogP contribution in [0.3, 0.4) is 0 Å². The Morgan fingerprint density at radius 3 is 1.90 bits per heavy atom. The Balaban J connectivity index is -0.00000162. The molecule has 0 aromatic carbocycles. The van der Waals surface area contributed by atoms with Crippen LogP contribution < -0.4 is 0 Å². The summed E-state index contributed by atoms with van der Waals surface area (Å²) in [6, 6.07) is 0. The second-order valence-electron chi connectivity index (χ2n) is 4.67. The zero-order valence-electron chi connectivity index (χ0n) is 11.8. The first-order valence-corrected chi connectivity index (χ1v) is 9.22. The molecule has 0 amide bonds. The van der Waals surface area contributed by atoms with E-state index < -0.39 is 11.9 Å². The number of hydrogen-bond acceptors (Lipinski definition) is 3. The number of rotatable bonds is 10. The molecule has 0 bridgehead atoms. The molecule has 0 N–H and O–H groups in total. The molecule has 0 fully saturated rings. The molecule has 0 saturated carbocycles. The van der Waals surface area contributed by atoms with E-state index in [2.05, 4.69) is 52.4 Å². The van der Waals surface area contributed by atoms with Gasteiger partial charge in [-0.25, -0.2) is 0 Å². The third kappa shape index (κ3) is 16.8. The Labute approximate surface area is 236 Å². The molecular formula is C14H26BrIK2O3. The van der Waals surface area contributed by atoms with Gasteiger partial charge in [-0.1, -0.05) is 90.9 Å². The molecule has 0 aromatic rings. The molecule has 0 saturated heterocycles. The fraction of sp³-hybridized carbons (Fsp3) is 0.857. The topological polar surface area (TPSA) is 43.4 Å². The Kier molecular flexibility index (Phi) is 27.9. The molecular weight excluding hydrogens is 501 g/mol. The van der Waals surface area contributed by atoms with Crippen LogP contribution in [0.1, 0.15) is 65.2 Å². The first kappa shape index (κ1) is 29.4. The van der Waals surface area contributed by atoms with E-state index in [9.17, 15) is 9.59 Å². The molecule has 2 atom stereocenters. The Bertz CT molecular complexity index is 255. The molecule has 0 aliphatic heterocycles. The average Bonchev–Trinajstić information content (AvgIpc) is 2.38. The molecule has 2 unspecified atom stereocenters. The first-order chi connectivity index (χ1) is 9.02. The van der Waals surface area contributed by atoms with E-state index in [1.807, 2.05) is 0 Å². The van der Waals surface area contributed by atoms with Crippen LogP contribution in [-0.2, 0) is 14.3 Å². The molecule has 0 aliphatic carbocycles. The summed E-state index contributed by atoms with van der Waals surface area (Å²) in [5, 5.41) is 0. The van der Waals surface area contributed by atoms with Crippen LogP contribution in [0.2, 0.25) is 0 Å². The second-order valence-corrected chi connectivity index (χ2v) is 7.28. The molecule has 7 heteroatoms. The molecule has 0 aromatic heterocycles. The van der Waals surface area contributed by atoms with E-state index in [1.54, 1.807) is 0 Å². The molecule has 21 heavy (non-hydrogen) atoms. The van der Waals surface area contributed by atoms with Gasteiger partial charge in [0.15, 0.2) is 0 Å². The predicted octanol–water partition coefficient (Wildman–Crippen LogP) is 3.49. The van der Waals surface area contributed by atoms with Gasteiger partial charge >= 0.3 is 115 Å². The van der Waals surface area contributed by atoms with Crippen LogP contribution in [0.5, 0.6) is 0 Å². The van der Waals surface area contributed by atoms with Gasteiger partial charge in [0, 0.05) is 0 Å². The van der Waals surface area contributed by atoms with Gasteiger partial charge in [0.25, 0.3) is 0 Å². The molecule has 0 aliphatic rings. The van der Waals surface area contributed by atoms with Crippen LogP contribution in [0.15, 0.2) is 0 Å². The Hall–Kier alpha value is 3.62. The quantitative estimate of drug-likeness (QED) is 0.109. The minimum atomic E-state index is -0.446. The van der Waals surface area contributed by atoms with E-state index in [4.69, 9.17) is 4.74 Å². The summed E-state index contributed by atoms with van der Waals surface area (Å²) in [5.74, 6) is -0.847. The van der Waals surface area contributed by atoms with Crippen molar-refractivity contribution in [2.45, 2.75) is 74.0 Å². The van der Waals surface area contributed by atoms with E-state index >= 15 is 0 Å². The first-order valence-electron chi connectivity index (χ1n) is 7.06. The molecule has 0 heterocycles. The standard InChI is InChI=1S/C14H24BrIO3.2K.2H/c1-3-5-7-9-11(15)13(17)19-14(18)12(16)10-8-6-4-2;;;;/h11-12H,3-10H2,1-2H3;;;;. The van der Waals surface area contributed by atoms with Crippen LogP contribution in [0.4, 0.5) is 0 Å². The number of alkyl halides is 2. The van der Waals surface area contributed by atoms with Crippen LogP contribution in [0.25, 0.3) is 0 Å². The average molecular weight is 527 g/mol. The number of esters is 2. The zero-order valence-corrected chi connectivity index (χ0v) is 15.5. The van der Waals surface area contributed by atoms with Crippen molar-refractivity contribution >= 4 is 153 Å². The fourth-order valence-electron chi connectivity index (χ4n) is 1.61. The van der Waals surface area contributed by atoms with Gasteiger partial charge in [-0.2, -0.15) is 0 Å². The minimum absolute atomic E-state index is 0. The predicted molar refractivity (Wildman–Crippen MR) is 104 cm³/mol. The van der Waals surface area contributed by atoms with Crippen molar-refractivity contribution in [3.8, 4) is 0 Å². The van der Waals surface area contributed by atoms with E-state index in [0.717, 1.165) is 51.4 Å². The van der Waals surface area contributed by atoms with Crippen LogP contribution >= 0.6 is 38.5 Å². The summed E-state index contributed by atoms with van der Waals surface area (Å²) in [6.07, 6.45) is 7.92. The molecule has 3 nitrogen and oxygen atoms in total. The molecule has 0 spiro atoms. The summed E-state index contributed by atoms with van der Waals surface area (Å²) < 4.78 is 4.68. The number of carbonyl (C=O) groups excluding carboxylic acids is 2. The van der Waals surface area contributed by atoms with Crippen molar-refractivity contribution in [1.82, 2.24) is 0 Å². The Morgan fingerprint density at radius 2 is 1.43 bits per heavy atom. The van der Waals surface area contributed by atoms with Gasteiger partial charge in [-0.05, 0) is 12.8 Å². The summed E-state index contributed by atoms with van der Waals surface area (Å²) >= 11 is 5.34. The number of hydrogen-bond donors (Lipinski definition) is 0. The van der Waals surface area contributed by atoms with Gasteiger partial charge in [0.2, 0.25) is 0 Å². The summed E-state index contributed by atoms with van der Waals surface area (Å²) in [6.45, 7) is 4.23. The zero-order chi connectivity index (χ0) is 14.7. The van der Waals surface area contributed by atoms with Crippen molar-refractivity contribution < 1.29 is 14.3 Å². The molecule has 116 valence electrons. The van der Waals surface area contributed by atoms with Crippen molar-refractivity contribution in [3.05, 3.63) is 0 Å². The third-order valence-electron chi connectivity index (χ3n) is 2.83. The van der Waals surface area contributed by atoms with Crippen molar-refractivity contribution in [2.75, 3.05) is 0 Å². The van der Waals surface area contributed by atoms with Gasteiger partial charge in [-0.15, -0.1) is 0 Å². The number of halogens is 2. The summed E-state index contributed by atoms with van der Waals surface area (Å²) in [5.41, 5.74) is 0. The van der Waals surface area contributed by atoms with Gasteiger partial charge < -0.3 is 4.74 Å². The maximum atomic E-state index is 11.7. The summed E-state index contributed by atoms with van der Waals surface area (Å²) in [4.78, 5) is 23.0. The van der Waals surface area contributed by atoms with E-state index in [-0.39, 0.29) is 112 Å². The van der Waals surface area contributed by atoms with E-state index in [1.165, 1.54) is 0 Å². The van der Waals surface area contributed by atoms with E-state index in [0.29, 0.717) is 0 Å². The molecule has 0 rings (SSSR count). The van der Waals surface area contributed by atoms with Gasteiger partial charge in [0.05, 0.1) is 0 Å². The van der Waals surface area contributed by atoms with Crippen molar-refractivity contribution in [2.24, 2.45) is 0 Å². The monoisotopic (exact) mass is 526 g/mol. The summed E-state index contributed by atoms with van der Waals surface area (Å²) in [7, 11) is 0. The number of unbranched alkanes of at least 4 members (excludes halogenated alkanes) is 4. The van der Waals surface area contributed by atoms with Crippen molar-refractivity contribution in [1.29, 1.82) is 0 Å². The van der Waals surface area contributed by atoms with Crippen LogP contribution in [-0.4, -0.2) is 123 Å².